The van der Waals surface area contributed by atoms with Gasteiger partial charge in [-0.3, -0.25) is 0 Å². The van der Waals surface area contributed by atoms with Crippen LogP contribution in [0.5, 0.6) is 0 Å². The van der Waals surface area contributed by atoms with Crippen molar-refractivity contribution in [2.75, 3.05) is 0 Å². The lowest BCUT2D eigenvalue weighted by molar-refractivity contribution is 0.646. The third-order valence-electron chi connectivity index (χ3n) is 7.37. The number of nitrogens with zero attached hydrogens (tertiary/aromatic N) is 1. The Morgan fingerprint density at radius 1 is 0.562 bits per heavy atom. The van der Waals surface area contributed by atoms with Gasteiger partial charge in [0.1, 0.15) is 0 Å². The summed E-state index contributed by atoms with van der Waals surface area (Å²) < 4.78 is 2.42. The fourth-order valence-electron chi connectivity index (χ4n) is 5.84. The Morgan fingerprint density at radius 2 is 1.31 bits per heavy atom. The van der Waals surface area contributed by atoms with Crippen LogP contribution < -0.4 is 0 Å². The first kappa shape index (κ1) is 17.8. The number of hydrogen-bond acceptors (Lipinski definition) is 0. The summed E-state index contributed by atoms with van der Waals surface area (Å²) in [7, 11) is 0. The molecule has 0 saturated carbocycles. The summed E-state index contributed by atoms with van der Waals surface area (Å²) in [4.78, 5) is 0. The van der Waals surface area contributed by atoms with Crippen LogP contribution in [0.1, 0.15) is 25.0 Å². The zero-order valence-electron chi connectivity index (χ0n) is 18.3. The average molecular weight is 410 g/mol. The lowest BCUT2D eigenvalue weighted by Crippen LogP contribution is -2.23. The third kappa shape index (κ3) is 2.18. The molecule has 1 heteroatoms. The van der Waals surface area contributed by atoms with E-state index in [1.807, 2.05) is 0 Å². The highest BCUT2D eigenvalue weighted by Crippen LogP contribution is 2.50. The average Bonchev–Trinajstić information content (AvgIpc) is 3.16. The Kier molecular flexibility index (Phi) is 3.40. The molecular weight excluding hydrogens is 386 g/mol. The van der Waals surface area contributed by atoms with E-state index in [2.05, 4.69) is 122 Å². The van der Waals surface area contributed by atoms with Gasteiger partial charge in [0, 0.05) is 21.9 Å². The van der Waals surface area contributed by atoms with Gasteiger partial charge in [0.15, 0.2) is 0 Å². The van der Waals surface area contributed by atoms with Crippen LogP contribution in [0.2, 0.25) is 0 Å². The maximum atomic E-state index is 2.45. The molecule has 0 amide bonds. The second-order valence-corrected chi connectivity index (χ2v) is 9.44. The predicted octanol–water partition coefficient (Wildman–Crippen LogP) is 8.24. The van der Waals surface area contributed by atoms with Crippen molar-refractivity contribution in [3.05, 3.63) is 114 Å². The summed E-state index contributed by atoms with van der Waals surface area (Å²) in [5.41, 5.74) is 9.19. The standard InChI is InChI=1S/C31H23N/c1-31(2)26-16-9-11-20-10-8-15-23(30(20)26)24-18-25-22-14-6-7-17-28(22)32(29(25)19-27(24)31)21-12-4-3-5-13-21/h3-19H,1-2H3. The van der Waals surface area contributed by atoms with Gasteiger partial charge in [-0.15, -0.1) is 0 Å². The van der Waals surface area contributed by atoms with Gasteiger partial charge in [-0.05, 0) is 63.4 Å². The number of fused-ring (bicyclic) bond motifs is 5. The molecule has 5 aromatic carbocycles. The van der Waals surface area contributed by atoms with E-state index in [1.165, 1.54) is 60.5 Å². The Hall–Kier alpha value is -3.84. The zero-order valence-corrected chi connectivity index (χ0v) is 18.3. The Labute approximate surface area is 187 Å². The van der Waals surface area contributed by atoms with E-state index in [0.29, 0.717) is 0 Å². The molecule has 0 radical (unpaired) electrons. The lowest BCUT2D eigenvalue weighted by atomic mass is 9.68. The summed E-state index contributed by atoms with van der Waals surface area (Å²) >= 11 is 0. The van der Waals surface area contributed by atoms with Gasteiger partial charge in [0.05, 0.1) is 11.0 Å². The van der Waals surface area contributed by atoms with Crippen LogP contribution in [0, 0.1) is 0 Å². The summed E-state index contributed by atoms with van der Waals surface area (Å²) in [6, 6.07) is 37.9. The highest BCUT2D eigenvalue weighted by atomic mass is 15.0. The highest BCUT2D eigenvalue weighted by Gasteiger charge is 2.34. The van der Waals surface area contributed by atoms with Crippen LogP contribution in [0.25, 0.3) is 49.4 Å². The van der Waals surface area contributed by atoms with Crippen LogP contribution in [0.15, 0.2) is 103 Å². The highest BCUT2D eigenvalue weighted by molar-refractivity contribution is 6.13. The van der Waals surface area contributed by atoms with Crippen molar-refractivity contribution < 1.29 is 0 Å². The van der Waals surface area contributed by atoms with E-state index in [0.717, 1.165) is 0 Å². The maximum absolute atomic E-state index is 2.45. The minimum atomic E-state index is -0.0740. The largest absolute Gasteiger partial charge is 0.309 e. The molecule has 0 atom stereocenters. The molecule has 0 spiro atoms. The molecule has 1 heterocycles. The van der Waals surface area contributed by atoms with Crippen molar-refractivity contribution in [2.45, 2.75) is 19.3 Å². The van der Waals surface area contributed by atoms with Gasteiger partial charge in [-0.1, -0.05) is 86.6 Å². The summed E-state index contributed by atoms with van der Waals surface area (Å²) in [6.07, 6.45) is 0. The van der Waals surface area contributed by atoms with Crippen LogP contribution in [-0.2, 0) is 5.41 Å². The van der Waals surface area contributed by atoms with E-state index >= 15 is 0 Å². The first-order valence-corrected chi connectivity index (χ1v) is 11.3. The maximum Gasteiger partial charge on any atom is 0.0544 e. The smallest absolute Gasteiger partial charge is 0.0544 e. The number of hydrogen-bond donors (Lipinski definition) is 0. The van der Waals surface area contributed by atoms with Crippen molar-refractivity contribution >= 4 is 32.6 Å². The molecule has 0 unspecified atom stereocenters. The van der Waals surface area contributed by atoms with E-state index in [-0.39, 0.29) is 5.41 Å². The van der Waals surface area contributed by atoms with Crippen LogP contribution in [0.3, 0.4) is 0 Å². The molecule has 1 nitrogen and oxygen atoms in total. The van der Waals surface area contributed by atoms with Crippen LogP contribution >= 0.6 is 0 Å². The van der Waals surface area contributed by atoms with Crippen molar-refractivity contribution in [1.82, 2.24) is 4.57 Å². The third-order valence-corrected chi connectivity index (χ3v) is 7.37. The van der Waals surface area contributed by atoms with Crippen LogP contribution in [-0.4, -0.2) is 4.57 Å². The number of rotatable bonds is 1. The predicted molar refractivity (Wildman–Crippen MR) is 136 cm³/mol. The van der Waals surface area contributed by atoms with E-state index < -0.39 is 0 Å². The van der Waals surface area contributed by atoms with Crippen molar-refractivity contribution in [3.8, 4) is 16.8 Å². The van der Waals surface area contributed by atoms with E-state index in [9.17, 15) is 0 Å². The Bertz CT molecular complexity index is 1680. The molecule has 7 rings (SSSR count). The van der Waals surface area contributed by atoms with Gasteiger partial charge in [0.2, 0.25) is 0 Å². The lowest BCUT2D eigenvalue weighted by Gasteiger charge is -2.35. The molecule has 1 aliphatic carbocycles. The topological polar surface area (TPSA) is 4.93 Å². The quantitative estimate of drug-likeness (QED) is 0.258. The first-order valence-electron chi connectivity index (χ1n) is 11.3. The number of aromatic nitrogens is 1. The van der Waals surface area contributed by atoms with E-state index in [1.54, 1.807) is 0 Å². The summed E-state index contributed by atoms with van der Waals surface area (Å²) in [5, 5.41) is 5.34. The monoisotopic (exact) mass is 409 g/mol. The number of para-hydroxylation sites is 2. The molecule has 1 aromatic heterocycles. The van der Waals surface area contributed by atoms with Crippen molar-refractivity contribution in [3.63, 3.8) is 0 Å². The molecule has 0 saturated heterocycles. The molecule has 0 N–H and O–H groups in total. The molecule has 152 valence electrons. The van der Waals surface area contributed by atoms with Crippen LogP contribution in [0.4, 0.5) is 0 Å². The van der Waals surface area contributed by atoms with Gasteiger partial charge in [0.25, 0.3) is 0 Å². The summed E-state index contributed by atoms with van der Waals surface area (Å²) in [5.74, 6) is 0. The molecule has 6 aromatic rings. The Balaban J connectivity index is 1.68. The number of benzene rings is 5. The molecule has 0 aliphatic heterocycles. The minimum Gasteiger partial charge on any atom is -0.309 e. The fraction of sp³-hybridized carbons (Fsp3) is 0.0968. The second-order valence-electron chi connectivity index (χ2n) is 9.44. The SMILES string of the molecule is CC1(C)c2cc3c(cc2-c2cccc4cccc1c24)c1ccccc1n3-c1ccccc1. The van der Waals surface area contributed by atoms with Gasteiger partial charge < -0.3 is 4.57 Å². The molecule has 0 bridgehead atoms. The van der Waals surface area contributed by atoms with Crippen molar-refractivity contribution in [2.24, 2.45) is 0 Å². The molecular formula is C31H23N. The molecule has 32 heavy (non-hydrogen) atoms. The van der Waals surface area contributed by atoms with Gasteiger partial charge >= 0.3 is 0 Å². The summed E-state index contributed by atoms with van der Waals surface area (Å²) in [6.45, 7) is 4.75. The molecule has 0 fully saturated rings. The second kappa shape index (κ2) is 6.11. The van der Waals surface area contributed by atoms with E-state index in [4.69, 9.17) is 0 Å². The minimum absolute atomic E-state index is 0.0740. The van der Waals surface area contributed by atoms with Gasteiger partial charge in [-0.25, -0.2) is 0 Å². The Morgan fingerprint density at radius 3 is 2.16 bits per heavy atom. The van der Waals surface area contributed by atoms with Gasteiger partial charge in [-0.2, -0.15) is 0 Å². The molecule has 1 aliphatic rings. The first-order chi connectivity index (χ1) is 15.6. The fourth-order valence-corrected chi connectivity index (χ4v) is 5.84. The normalized spacial score (nSPS) is 14.2. The zero-order chi connectivity index (χ0) is 21.4. The van der Waals surface area contributed by atoms with Crippen molar-refractivity contribution in [1.29, 1.82) is 0 Å².